The molecule has 80 valence electrons. The van der Waals surface area contributed by atoms with Gasteiger partial charge in [-0.3, -0.25) is 9.69 Å². The van der Waals surface area contributed by atoms with Crippen molar-refractivity contribution < 1.29 is 14.7 Å². The molecule has 4 nitrogen and oxygen atoms in total. The van der Waals surface area contributed by atoms with Crippen molar-refractivity contribution in [3.63, 3.8) is 0 Å². The molecule has 0 radical (unpaired) electrons. The van der Waals surface area contributed by atoms with Gasteiger partial charge in [0.05, 0.1) is 0 Å². The van der Waals surface area contributed by atoms with Gasteiger partial charge in [0.1, 0.15) is 11.8 Å². The summed E-state index contributed by atoms with van der Waals surface area (Å²) in [7, 11) is 0. The summed E-state index contributed by atoms with van der Waals surface area (Å²) >= 11 is 0. The first-order valence-electron chi connectivity index (χ1n) is 5.07. The fourth-order valence-electron chi connectivity index (χ4n) is 1.90. The predicted molar refractivity (Wildman–Crippen MR) is 52.1 cm³/mol. The van der Waals surface area contributed by atoms with E-state index >= 15 is 0 Å². The molecule has 1 N–H and O–H groups in total. The van der Waals surface area contributed by atoms with Gasteiger partial charge in [-0.15, -0.1) is 0 Å². The Morgan fingerprint density at radius 3 is 2.79 bits per heavy atom. The number of aliphatic carboxylic acids is 1. The summed E-state index contributed by atoms with van der Waals surface area (Å²) in [6.45, 7) is 3.16. The van der Waals surface area contributed by atoms with Crippen LogP contribution >= 0.6 is 0 Å². The van der Waals surface area contributed by atoms with Crippen LogP contribution in [0.25, 0.3) is 0 Å². The van der Waals surface area contributed by atoms with Gasteiger partial charge in [0.15, 0.2) is 0 Å². The lowest BCUT2D eigenvalue weighted by Gasteiger charge is -2.20. The summed E-state index contributed by atoms with van der Waals surface area (Å²) in [6, 6.07) is -0.318. The normalized spacial score (nSPS) is 22.5. The van der Waals surface area contributed by atoms with Crippen LogP contribution < -0.4 is 0 Å². The number of hydrogen-bond acceptors (Lipinski definition) is 3. The van der Waals surface area contributed by atoms with E-state index in [1.165, 1.54) is 0 Å². The minimum absolute atomic E-state index is 0.177. The molecule has 1 aliphatic rings. The van der Waals surface area contributed by atoms with Crippen LogP contribution in [-0.4, -0.2) is 40.9 Å². The van der Waals surface area contributed by atoms with E-state index in [0.717, 1.165) is 32.4 Å². The number of carboxylic acids is 1. The van der Waals surface area contributed by atoms with Crippen LogP contribution in [0, 0.1) is 0 Å². The molecule has 1 atom stereocenters. The van der Waals surface area contributed by atoms with Gasteiger partial charge < -0.3 is 9.90 Å². The summed E-state index contributed by atoms with van der Waals surface area (Å²) in [5.74, 6) is -0.554. The van der Waals surface area contributed by atoms with E-state index in [1.807, 2.05) is 4.90 Å². The molecule has 1 aliphatic heterocycles. The van der Waals surface area contributed by atoms with Gasteiger partial charge in [-0.25, -0.2) is 0 Å². The maximum atomic E-state index is 10.8. The quantitative estimate of drug-likeness (QED) is 0.714. The van der Waals surface area contributed by atoms with Crippen LogP contribution in [0.2, 0.25) is 0 Å². The minimum atomic E-state index is -0.731. The first-order valence-corrected chi connectivity index (χ1v) is 5.07. The lowest BCUT2D eigenvalue weighted by atomic mass is 10.2. The molecule has 0 unspecified atom stereocenters. The number of hydrogen-bond donors (Lipinski definition) is 1. The number of carbonyl (C=O) groups is 2. The molecule has 1 fully saturated rings. The maximum absolute atomic E-state index is 10.8. The van der Waals surface area contributed by atoms with Crippen LogP contribution in [0.3, 0.4) is 0 Å². The van der Waals surface area contributed by atoms with Crippen LogP contribution in [0.1, 0.15) is 32.6 Å². The first-order chi connectivity index (χ1) is 6.61. The molecule has 14 heavy (non-hydrogen) atoms. The zero-order valence-electron chi connectivity index (χ0n) is 8.53. The Kier molecular flexibility index (Phi) is 4.07. The molecule has 0 spiro atoms. The van der Waals surface area contributed by atoms with E-state index < -0.39 is 5.97 Å². The van der Waals surface area contributed by atoms with Crippen LogP contribution in [0.4, 0.5) is 0 Å². The number of likely N-dealkylation sites (tertiary alicyclic amines) is 1. The Morgan fingerprint density at radius 1 is 1.50 bits per heavy atom. The smallest absolute Gasteiger partial charge is 0.320 e. The maximum Gasteiger partial charge on any atom is 0.320 e. The van der Waals surface area contributed by atoms with Crippen LogP contribution in [-0.2, 0) is 9.59 Å². The van der Waals surface area contributed by atoms with Crippen molar-refractivity contribution in [2.75, 3.05) is 13.1 Å². The Bertz CT molecular complexity index is 227. The standard InChI is InChI=1S/C10H17NO3/c1-8(12)4-2-6-11-7-3-5-9(11)10(13)14/h9H,2-7H2,1H3,(H,13,14)/t9-/m0/s1. The zero-order chi connectivity index (χ0) is 10.6. The van der Waals surface area contributed by atoms with Crippen LogP contribution in [0.5, 0.6) is 0 Å². The summed E-state index contributed by atoms with van der Waals surface area (Å²) in [4.78, 5) is 23.5. The van der Waals surface area contributed by atoms with Gasteiger partial charge in [0.2, 0.25) is 0 Å². The molecule has 0 amide bonds. The molecular formula is C10H17NO3. The highest BCUT2D eigenvalue weighted by Crippen LogP contribution is 2.17. The minimum Gasteiger partial charge on any atom is -0.480 e. The fourth-order valence-corrected chi connectivity index (χ4v) is 1.90. The highest BCUT2D eigenvalue weighted by atomic mass is 16.4. The third kappa shape index (κ3) is 3.10. The Labute approximate surface area is 83.9 Å². The van der Waals surface area contributed by atoms with Crippen molar-refractivity contribution in [3.8, 4) is 0 Å². The number of carboxylic acid groups (broad SMARTS) is 1. The summed E-state index contributed by atoms with van der Waals surface area (Å²) in [5.41, 5.74) is 0. The highest BCUT2D eigenvalue weighted by Gasteiger charge is 2.29. The van der Waals surface area contributed by atoms with Crippen molar-refractivity contribution in [2.45, 2.75) is 38.6 Å². The summed E-state index contributed by atoms with van der Waals surface area (Å²) in [6.07, 6.45) is 3.04. The Balaban J connectivity index is 2.29. The van der Waals surface area contributed by atoms with Crippen LogP contribution in [0.15, 0.2) is 0 Å². The van der Waals surface area contributed by atoms with Crippen molar-refractivity contribution in [3.05, 3.63) is 0 Å². The van der Waals surface area contributed by atoms with E-state index in [1.54, 1.807) is 6.92 Å². The summed E-state index contributed by atoms with van der Waals surface area (Å²) < 4.78 is 0. The number of Topliss-reactive ketones (excluding diaryl/α,β-unsaturated/α-hetero) is 1. The van der Waals surface area contributed by atoms with Gasteiger partial charge in [-0.2, -0.15) is 0 Å². The van der Waals surface area contributed by atoms with Gasteiger partial charge >= 0.3 is 5.97 Å². The molecule has 0 aromatic heterocycles. The second kappa shape index (κ2) is 5.10. The Hall–Kier alpha value is -0.900. The fraction of sp³-hybridized carbons (Fsp3) is 0.800. The van der Waals surface area contributed by atoms with Crippen molar-refractivity contribution in [1.29, 1.82) is 0 Å². The van der Waals surface area contributed by atoms with Gasteiger partial charge in [-0.05, 0) is 39.3 Å². The molecular weight excluding hydrogens is 182 g/mol. The number of ketones is 1. The molecule has 0 aromatic rings. The molecule has 0 aromatic carbocycles. The number of carbonyl (C=O) groups excluding carboxylic acids is 1. The third-order valence-corrected chi connectivity index (χ3v) is 2.62. The SMILES string of the molecule is CC(=O)CCCN1CCC[C@H]1C(=O)O. The third-order valence-electron chi connectivity index (χ3n) is 2.62. The predicted octanol–water partition coefficient (Wildman–Crippen LogP) is 0.905. The van der Waals surface area contributed by atoms with Crippen molar-refractivity contribution in [1.82, 2.24) is 4.90 Å². The lowest BCUT2D eigenvalue weighted by Crippen LogP contribution is -2.36. The molecule has 0 aliphatic carbocycles. The van der Waals surface area contributed by atoms with E-state index in [9.17, 15) is 9.59 Å². The van der Waals surface area contributed by atoms with E-state index in [-0.39, 0.29) is 11.8 Å². The second-order valence-corrected chi connectivity index (χ2v) is 3.84. The van der Waals surface area contributed by atoms with E-state index in [0.29, 0.717) is 6.42 Å². The molecule has 0 bridgehead atoms. The summed E-state index contributed by atoms with van der Waals surface area (Å²) in [5, 5.41) is 8.88. The molecule has 4 heteroatoms. The monoisotopic (exact) mass is 199 g/mol. The number of nitrogens with zero attached hydrogens (tertiary/aromatic N) is 1. The first kappa shape index (κ1) is 11.2. The van der Waals surface area contributed by atoms with Gasteiger partial charge in [-0.1, -0.05) is 0 Å². The molecule has 1 rings (SSSR count). The van der Waals surface area contributed by atoms with Gasteiger partial charge in [0.25, 0.3) is 0 Å². The van der Waals surface area contributed by atoms with Gasteiger partial charge in [0, 0.05) is 6.42 Å². The van der Waals surface area contributed by atoms with E-state index in [4.69, 9.17) is 5.11 Å². The lowest BCUT2D eigenvalue weighted by molar-refractivity contribution is -0.142. The molecule has 0 saturated carbocycles. The Morgan fingerprint density at radius 2 is 2.21 bits per heavy atom. The number of rotatable bonds is 5. The average Bonchev–Trinajstić information content (AvgIpc) is 2.51. The molecule has 1 saturated heterocycles. The van der Waals surface area contributed by atoms with Crippen molar-refractivity contribution >= 4 is 11.8 Å². The second-order valence-electron chi connectivity index (χ2n) is 3.84. The largest absolute Gasteiger partial charge is 0.480 e. The molecule has 1 heterocycles. The van der Waals surface area contributed by atoms with E-state index in [2.05, 4.69) is 0 Å². The highest BCUT2D eigenvalue weighted by molar-refractivity contribution is 5.75. The topological polar surface area (TPSA) is 57.6 Å². The zero-order valence-corrected chi connectivity index (χ0v) is 8.53. The van der Waals surface area contributed by atoms with Crippen molar-refractivity contribution in [2.24, 2.45) is 0 Å². The average molecular weight is 199 g/mol.